The maximum Gasteiger partial charge on any atom is 0.322 e. The third-order valence-electron chi connectivity index (χ3n) is 2.95. The molecule has 23 heavy (non-hydrogen) atoms. The number of carbonyl (C=O) groups is 2. The second-order valence-corrected chi connectivity index (χ2v) is 5.51. The fourth-order valence-corrected chi connectivity index (χ4v) is 2.66. The van der Waals surface area contributed by atoms with Crippen molar-refractivity contribution in [1.29, 1.82) is 0 Å². The number of hydrogen-bond donors (Lipinski definition) is 2. The Kier molecular flexibility index (Phi) is 4.15. The number of benzene rings is 1. The van der Waals surface area contributed by atoms with Crippen molar-refractivity contribution in [3.05, 3.63) is 53.7 Å². The van der Waals surface area contributed by atoms with E-state index in [2.05, 4.69) is 15.4 Å². The molecular formula is C15H12N4O3S. The third kappa shape index (κ3) is 3.27. The summed E-state index contributed by atoms with van der Waals surface area (Å²) in [5, 5.41) is 17.0. The molecule has 7 nitrogen and oxygen atoms in total. The number of aliphatic carboxylic acids is 1. The molecule has 3 aromatic rings. The van der Waals surface area contributed by atoms with E-state index in [-0.39, 0.29) is 5.82 Å². The molecule has 116 valence electrons. The van der Waals surface area contributed by atoms with Crippen LogP contribution < -0.4 is 5.32 Å². The summed E-state index contributed by atoms with van der Waals surface area (Å²) in [6.07, 6.45) is 0. The van der Waals surface area contributed by atoms with Crippen LogP contribution in [-0.4, -0.2) is 38.3 Å². The van der Waals surface area contributed by atoms with E-state index >= 15 is 0 Å². The van der Waals surface area contributed by atoms with Crippen LogP contribution in [0, 0.1) is 0 Å². The molecule has 0 radical (unpaired) electrons. The lowest BCUT2D eigenvalue weighted by atomic mass is 10.3. The largest absolute Gasteiger partial charge is 0.480 e. The normalized spacial score (nSPS) is 10.4. The highest BCUT2D eigenvalue weighted by molar-refractivity contribution is 7.13. The molecule has 0 aliphatic heterocycles. The molecule has 2 N–H and O–H groups in total. The first kappa shape index (κ1) is 14.9. The zero-order chi connectivity index (χ0) is 16.2. The van der Waals surface area contributed by atoms with Gasteiger partial charge in [-0.1, -0.05) is 24.3 Å². The highest BCUT2D eigenvalue weighted by atomic mass is 32.1. The van der Waals surface area contributed by atoms with E-state index in [4.69, 9.17) is 5.11 Å². The van der Waals surface area contributed by atoms with Crippen molar-refractivity contribution in [3.8, 4) is 16.4 Å². The van der Waals surface area contributed by atoms with Gasteiger partial charge in [0.25, 0.3) is 5.91 Å². The minimum absolute atomic E-state index is 0.0708. The summed E-state index contributed by atoms with van der Waals surface area (Å²) in [6.45, 7) is -0.479. The molecule has 1 amide bonds. The van der Waals surface area contributed by atoms with Gasteiger partial charge in [0.05, 0.1) is 10.6 Å². The zero-order valence-corrected chi connectivity index (χ0v) is 12.7. The number of para-hydroxylation sites is 1. The summed E-state index contributed by atoms with van der Waals surface area (Å²) >= 11 is 1.48. The molecular weight excluding hydrogens is 316 g/mol. The monoisotopic (exact) mass is 328 g/mol. The maximum atomic E-state index is 12.0. The van der Waals surface area contributed by atoms with Crippen LogP contribution in [0.15, 0.2) is 47.8 Å². The fourth-order valence-electron chi connectivity index (χ4n) is 1.96. The first-order valence-electron chi connectivity index (χ1n) is 6.71. The Bertz CT molecular complexity index is 828. The van der Waals surface area contributed by atoms with E-state index < -0.39 is 18.4 Å². The number of hydrogen-bond acceptors (Lipinski definition) is 5. The Morgan fingerprint density at radius 2 is 1.96 bits per heavy atom. The summed E-state index contributed by atoms with van der Waals surface area (Å²) in [7, 11) is 0. The summed E-state index contributed by atoms with van der Waals surface area (Å²) in [5.74, 6) is -1.29. The number of carboxylic acids is 1. The first-order chi connectivity index (χ1) is 11.1. The lowest BCUT2D eigenvalue weighted by molar-refractivity contribution is -0.135. The molecule has 0 unspecified atom stereocenters. The van der Waals surface area contributed by atoms with Gasteiger partial charge in [-0.2, -0.15) is 0 Å². The van der Waals surface area contributed by atoms with Crippen LogP contribution in [0.3, 0.4) is 0 Å². The van der Waals surface area contributed by atoms with Crippen LogP contribution in [0.4, 0.5) is 0 Å². The molecule has 0 bridgehead atoms. The number of nitrogens with one attached hydrogen (secondary N) is 1. The molecule has 0 saturated carbocycles. The van der Waals surface area contributed by atoms with Gasteiger partial charge in [-0.25, -0.2) is 9.67 Å². The SMILES string of the molecule is O=C(O)CNC(=O)c1nc(-c2cccs2)n(-c2ccccc2)n1. The molecule has 2 heterocycles. The number of aromatic nitrogens is 3. The second kappa shape index (κ2) is 6.41. The average molecular weight is 328 g/mol. The molecule has 0 aliphatic carbocycles. The van der Waals surface area contributed by atoms with Crippen molar-refractivity contribution in [1.82, 2.24) is 20.1 Å². The second-order valence-electron chi connectivity index (χ2n) is 4.56. The van der Waals surface area contributed by atoms with Crippen molar-refractivity contribution < 1.29 is 14.7 Å². The van der Waals surface area contributed by atoms with Gasteiger partial charge >= 0.3 is 5.97 Å². The smallest absolute Gasteiger partial charge is 0.322 e. The number of nitrogens with zero attached hydrogens (tertiary/aromatic N) is 3. The number of amides is 1. The van der Waals surface area contributed by atoms with Gasteiger partial charge in [0.15, 0.2) is 5.82 Å². The van der Waals surface area contributed by atoms with Gasteiger partial charge in [-0.05, 0) is 23.6 Å². The van der Waals surface area contributed by atoms with Gasteiger partial charge in [0, 0.05) is 0 Å². The summed E-state index contributed by atoms with van der Waals surface area (Å²) in [6, 6.07) is 13.1. The van der Waals surface area contributed by atoms with Crippen molar-refractivity contribution in [2.24, 2.45) is 0 Å². The Labute approximate surface area is 135 Å². The molecule has 0 aliphatic rings. The molecule has 0 saturated heterocycles. The Morgan fingerprint density at radius 3 is 2.61 bits per heavy atom. The summed E-state index contributed by atoms with van der Waals surface area (Å²) < 4.78 is 1.57. The van der Waals surface area contributed by atoms with E-state index in [1.807, 2.05) is 47.8 Å². The first-order valence-corrected chi connectivity index (χ1v) is 7.59. The molecule has 0 fully saturated rings. The van der Waals surface area contributed by atoms with E-state index in [9.17, 15) is 9.59 Å². The predicted octanol–water partition coefficient (Wildman–Crippen LogP) is 1.81. The highest BCUT2D eigenvalue weighted by Gasteiger charge is 2.19. The minimum atomic E-state index is -1.13. The lowest BCUT2D eigenvalue weighted by Gasteiger charge is -2.03. The fraction of sp³-hybridized carbons (Fsp3) is 0.0667. The number of carbonyl (C=O) groups excluding carboxylic acids is 1. The van der Waals surface area contributed by atoms with Gasteiger partial charge in [-0.15, -0.1) is 16.4 Å². The van der Waals surface area contributed by atoms with E-state index in [0.29, 0.717) is 5.82 Å². The maximum absolute atomic E-state index is 12.0. The average Bonchev–Trinajstić information content (AvgIpc) is 3.22. The Balaban J connectivity index is 2.01. The standard InChI is InChI=1S/C15H12N4O3S/c20-12(21)9-16-15(22)13-17-14(11-7-4-8-23-11)19(18-13)10-5-2-1-3-6-10/h1-8H,9H2,(H,16,22)(H,20,21). The van der Waals surface area contributed by atoms with Crippen LogP contribution in [0.5, 0.6) is 0 Å². The van der Waals surface area contributed by atoms with Crippen molar-refractivity contribution >= 4 is 23.2 Å². The van der Waals surface area contributed by atoms with Gasteiger partial charge in [0.2, 0.25) is 5.82 Å². The topological polar surface area (TPSA) is 97.1 Å². The molecule has 1 aromatic carbocycles. The lowest BCUT2D eigenvalue weighted by Crippen LogP contribution is -2.30. The van der Waals surface area contributed by atoms with Gasteiger partial charge in [0.1, 0.15) is 6.54 Å². The van der Waals surface area contributed by atoms with E-state index in [1.54, 1.807) is 4.68 Å². The van der Waals surface area contributed by atoms with Gasteiger partial charge in [-0.3, -0.25) is 9.59 Å². The molecule has 8 heteroatoms. The van der Waals surface area contributed by atoms with E-state index in [1.165, 1.54) is 11.3 Å². The predicted molar refractivity (Wildman–Crippen MR) is 84.6 cm³/mol. The van der Waals surface area contributed by atoms with Crippen LogP contribution in [0.25, 0.3) is 16.4 Å². The van der Waals surface area contributed by atoms with Crippen molar-refractivity contribution in [2.45, 2.75) is 0 Å². The summed E-state index contributed by atoms with van der Waals surface area (Å²) in [5.41, 5.74) is 0.765. The van der Waals surface area contributed by atoms with Crippen molar-refractivity contribution in [2.75, 3.05) is 6.54 Å². The van der Waals surface area contributed by atoms with E-state index in [0.717, 1.165) is 10.6 Å². The number of carboxylic acid groups (broad SMARTS) is 1. The number of rotatable bonds is 5. The Morgan fingerprint density at radius 1 is 1.17 bits per heavy atom. The molecule has 3 rings (SSSR count). The minimum Gasteiger partial charge on any atom is -0.480 e. The third-order valence-corrected chi connectivity index (χ3v) is 3.82. The zero-order valence-electron chi connectivity index (χ0n) is 11.8. The molecule has 2 aromatic heterocycles. The molecule has 0 spiro atoms. The highest BCUT2D eigenvalue weighted by Crippen LogP contribution is 2.25. The quantitative estimate of drug-likeness (QED) is 0.744. The Hall–Kier alpha value is -3.00. The van der Waals surface area contributed by atoms with Crippen LogP contribution in [-0.2, 0) is 4.79 Å². The van der Waals surface area contributed by atoms with Crippen LogP contribution >= 0.6 is 11.3 Å². The van der Waals surface area contributed by atoms with Crippen LogP contribution in [0.1, 0.15) is 10.6 Å². The van der Waals surface area contributed by atoms with Crippen molar-refractivity contribution in [3.63, 3.8) is 0 Å². The van der Waals surface area contributed by atoms with Gasteiger partial charge < -0.3 is 10.4 Å². The molecule has 0 atom stereocenters. The number of thiophene rings is 1. The summed E-state index contributed by atoms with van der Waals surface area (Å²) in [4.78, 5) is 27.7. The van der Waals surface area contributed by atoms with Crippen LogP contribution in [0.2, 0.25) is 0 Å².